The minimum absolute atomic E-state index is 0.0147. The Labute approximate surface area is 216 Å². The minimum Gasteiger partial charge on any atom is -0.396 e. The van der Waals surface area contributed by atoms with Gasteiger partial charge in [-0.15, -0.1) is 0 Å². The van der Waals surface area contributed by atoms with Crippen LogP contribution in [0.25, 0.3) is 5.70 Å². The Bertz CT molecular complexity index is 1530. The summed E-state index contributed by atoms with van der Waals surface area (Å²) in [6.45, 7) is 0.0441. The molecule has 2 aromatic carbocycles. The molecule has 11 heteroatoms. The molecule has 2 heterocycles. The second-order valence-electron chi connectivity index (χ2n) is 8.81. The molecule has 5 rings (SSSR count). The molecule has 192 valence electrons. The first-order valence-electron chi connectivity index (χ1n) is 11.7. The largest absolute Gasteiger partial charge is 0.396 e. The standard InChI is InChI=1S/C27H23F2N7O2/c28-18-7-5-17(6-8-18)27(10-11-27)26(37)34-23-15-33-25(35-24(23)31)20(30)13-22(21-9-12-38-36-21)32-14-16-3-1-2-4-19(16)29/h1-9,12-13,15H,10-11,14,30H2,(H,34,37)(H2,31,33,35)/b20-13-,32-22?. The molecule has 1 amide bonds. The van der Waals surface area contributed by atoms with E-state index < -0.39 is 5.41 Å². The summed E-state index contributed by atoms with van der Waals surface area (Å²) in [6, 6.07) is 13.8. The van der Waals surface area contributed by atoms with E-state index in [2.05, 4.69) is 25.4 Å². The third-order valence-electron chi connectivity index (χ3n) is 6.28. The van der Waals surface area contributed by atoms with Crippen molar-refractivity contribution in [2.75, 3.05) is 11.1 Å². The van der Waals surface area contributed by atoms with Crippen molar-refractivity contribution in [1.82, 2.24) is 15.1 Å². The predicted molar refractivity (Wildman–Crippen MR) is 138 cm³/mol. The Balaban J connectivity index is 1.35. The maximum atomic E-state index is 14.1. The first kappa shape index (κ1) is 24.8. The van der Waals surface area contributed by atoms with Gasteiger partial charge < -0.3 is 21.3 Å². The lowest BCUT2D eigenvalue weighted by Gasteiger charge is -2.16. The van der Waals surface area contributed by atoms with Gasteiger partial charge in [0.25, 0.3) is 0 Å². The van der Waals surface area contributed by atoms with Crippen molar-refractivity contribution < 1.29 is 18.1 Å². The summed E-state index contributed by atoms with van der Waals surface area (Å²) in [4.78, 5) is 25.9. The van der Waals surface area contributed by atoms with Gasteiger partial charge in [-0.2, -0.15) is 0 Å². The number of anilines is 2. The molecule has 0 spiro atoms. The number of nitrogens with zero attached hydrogens (tertiary/aromatic N) is 4. The molecule has 1 aliphatic rings. The molecule has 38 heavy (non-hydrogen) atoms. The number of aliphatic imine (C=N–C) groups is 1. The maximum absolute atomic E-state index is 14.1. The molecule has 2 aromatic heterocycles. The topological polar surface area (TPSA) is 145 Å². The lowest BCUT2D eigenvalue weighted by Crippen LogP contribution is -2.28. The zero-order valence-electron chi connectivity index (χ0n) is 20.1. The summed E-state index contributed by atoms with van der Waals surface area (Å²) in [7, 11) is 0. The summed E-state index contributed by atoms with van der Waals surface area (Å²) in [6.07, 6.45) is 5.50. The SMILES string of the molecule is N/C(=C\C(=NCc1ccccc1F)c1ccon1)c1ncc(NC(=O)C2(c3ccc(F)cc3)CC2)c(N)n1. The Morgan fingerprint density at radius 1 is 1.13 bits per heavy atom. The van der Waals surface area contributed by atoms with Crippen LogP contribution < -0.4 is 16.8 Å². The first-order valence-corrected chi connectivity index (χ1v) is 11.7. The maximum Gasteiger partial charge on any atom is 0.235 e. The Kier molecular flexibility index (Phi) is 6.65. The van der Waals surface area contributed by atoms with Crippen LogP contribution in [0.3, 0.4) is 0 Å². The third-order valence-corrected chi connectivity index (χ3v) is 6.28. The van der Waals surface area contributed by atoms with E-state index in [0.717, 1.165) is 5.56 Å². The second-order valence-corrected chi connectivity index (χ2v) is 8.81. The van der Waals surface area contributed by atoms with Crippen LogP contribution in [0.1, 0.15) is 35.5 Å². The van der Waals surface area contributed by atoms with Crippen LogP contribution in [0, 0.1) is 11.6 Å². The third kappa shape index (κ3) is 5.12. The number of carbonyl (C=O) groups is 1. The number of allylic oxidation sites excluding steroid dienone is 1. The summed E-state index contributed by atoms with van der Waals surface area (Å²) in [5.74, 6) is -0.908. The average Bonchev–Trinajstić information content (AvgIpc) is 3.55. The van der Waals surface area contributed by atoms with Crippen molar-refractivity contribution in [3.63, 3.8) is 0 Å². The number of halogens is 2. The highest BCUT2D eigenvalue weighted by atomic mass is 19.1. The summed E-state index contributed by atoms with van der Waals surface area (Å²) in [5.41, 5.74) is 13.8. The van der Waals surface area contributed by atoms with Crippen molar-refractivity contribution >= 4 is 28.8 Å². The summed E-state index contributed by atoms with van der Waals surface area (Å²) < 4.78 is 32.3. The molecular weight excluding hydrogens is 492 g/mol. The fourth-order valence-electron chi connectivity index (χ4n) is 3.97. The van der Waals surface area contributed by atoms with E-state index in [1.54, 1.807) is 36.4 Å². The number of nitrogens with two attached hydrogens (primary N) is 2. The average molecular weight is 516 g/mol. The van der Waals surface area contributed by atoms with E-state index in [1.165, 1.54) is 36.7 Å². The molecule has 0 saturated heterocycles. The van der Waals surface area contributed by atoms with E-state index in [0.29, 0.717) is 29.8 Å². The van der Waals surface area contributed by atoms with Crippen molar-refractivity contribution in [3.05, 3.63) is 107 Å². The molecule has 1 saturated carbocycles. The zero-order chi connectivity index (χ0) is 26.7. The summed E-state index contributed by atoms with van der Waals surface area (Å²) >= 11 is 0. The van der Waals surface area contributed by atoms with Crippen molar-refractivity contribution in [3.8, 4) is 0 Å². The van der Waals surface area contributed by atoms with Crippen molar-refractivity contribution in [1.29, 1.82) is 0 Å². The van der Waals surface area contributed by atoms with Crippen LogP contribution in [-0.2, 0) is 16.8 Å². The van der Waals surface area contributed by atoms with Gasteiger partial charge >= 0.3 is 0 Å². The number of nitrogens with one attached hydrogen (secondary N) is 1. The lowest BCUT2D eigenvalue weighted by molar-refractivity contribution is -0.118. The first-order chi connectivity index (χ1) is 18.4. The van der Waals surface area contributed by atoms with Crippen LogP contribution in [-0.4, -0.2) is 26.7 Å². The van der Waals surface area contributed by atoms with Crippen LogP contribution >= 0.6 is 0 Å². The Morgan fingerprint density at radius 2 is 1.89 bits per heavy atom. The monoisotopic (exact) mass is 515 g/mol. The fourth-order valence-corrected chi connectivity index (χ4v) is 3.97. The molecule has 9 nitrogen and oxygen atoms in total. The number of rotatable bonds is 8. The highest BCUT2D eigenvalue weighted by Gasteiger charge is 2.51. The molecule has 1 fully saturated rings. The number of amides is 1. The molecule has 0 bridgehead atoms. The summed E-state index contributed by atoms with van der Waals surface area (Å²) in [5, 5.41) is 6.66. The quantitative estimate of drug-likeness (QED) is 0.301. The second kappa shape index (κ2) is 10.2. The van der Waals surface area contributed by atoms with E-state index >= 15 is 0 Å². The highest BCUT2D eigenvalue weighted by molar-refractivity contribution is 6.10. The molecule has 0 aliphatic heterocycles. The Morgan fingerprint density at radius 3 is 2.55 bits per heavy atom. The van der Waals surface area contributed by atoms with Crippen LogP contribution in [0.15, 0.2) is 82.6 Å². The smallest absolute Gasteiger partial charge is 0.235 e. The van der Waals surface area contributed by atoms with Crippen LogP contribution in [0.2, 0.25) is 0 Å². The van der Waals surface area contributed by atoms with E-state index in [-0.39, 0.29) is 47.1 Å². The number of hydrogen-bond acceptors (Lipinski definition) is 8. The molecule has 0 atom stereocenters. The van der Waals surface area contributed by atoms with E-state index in [1.807, 2.05) is 0 Å². The van der Waals surface area contributed by atoms with Crippen LogP contribution in [0.4, 0.5) is 20.3 Å². The minimum atomic E-state index is -0.737. The van der Waals surface area contributed by atoms with Gasteiger partial charge in [0.05, 0.1) is 29.6 Å². The molecule has 1 aliphatic carbocycles. The van der Waals surface area contributed by atoms with Gasteiger partial charge in [-0.1, -0.05) is 35.5 Å². The van der Waals surface area contributed by atoms with Gasteiger partial charge in [0.15, 0.2) is 11.6 Å². The van der Waals surface area contributed by atoms with Crippen molar-refractivity contribution in [2.45, 2.75) is 24.8 Å². The molecule has 4 aromatic rings. The molecule has 0 radical (unpaired) electrons. The zero-order valence-corrected chi connectivity index (χ0v) is 20.1. The van der Waals surface area contributed by atoms with E-state index in [4.69, 9.17) is 16.0 Å². The molecule has 5 N–H and O–H groups in total. The molecular formula is C27H23F2N7O2. The van der Waals surface area contributed by atoms with E-state index in [9.17, 15) is 13.6 Å². The van der Waals surface area contributed by atoms with Gasteiger partial charge in [0, 0.05) is 11.6 Å². The van der Waals surface area contributed by atoms with Gasteiger partial charge in [-0.3, -0.25) is 9.79 Å². The van der Waals surface area contributed by atoms with Gasteiger partial charge in [-0.25, -0.2) is 18.7 Å². The van der Waals surface area contributed by atoms with Gasteiger partial charge in [0.2, 0.25) is 5.91 Å². The number of aromatic nitrogens is 3. The van der Waals surface area contributed by atoms with Crippen molar-refractivity contribution in [2.24, 2.45) is 10.7 Å². The number of nitrogen functional groups attached to an aromatic ring is 1. The van der Waals surface area contributed by atoms with Gasteiger partial charge in [-0.05, 0) is 42.7 Å². The Hall–Kier alpha value is -4.93. The molecule has 0 unspecified atom stereocenters. The number of carbonyl (C=O) groups excluding carboxylic acids is 1. The number of hydrogen-bond donors (Lipinski definition) is 3. The normalized spacial score (nSPS) is 14.8. The number of benzene rings is 2. The lowest BCUT2D eigenvalue weighted by atomic mass is 9.95. The fraction of sp³-hybridized carbons (Fsp3) is 0.148. The van der Waals surface area contributed by atoms with Crippen LogP contribution in [0.5, 0.6) is 0 Å². The highest BCUT2D eigenvalue weighted by Crippen LogP contribution is 2.49. The van der Waals surface area contributed by atoms with Gasteiger partial charge in [0.1, 0.15) is 29.3 Å². The predicted octanol–water partition coefficient (Wildman–Crippen LogP) is 3.98.